The van der Waals surface area contributed by atoms with Crippen molar-refractivity contribution in [3.8, 4) is 16.3 Å². The molecule has 0 aliphatic carbocycles. The van der Waals surface area contributed by atoms with E-state index in [0.29, 0.717) is 28.1 Å². The Morgan fingerprint density at radius 1 is 1.21 bits per heavy atom. The average molecular weight is 475 g/mol. The number of fused-ring (bicyclic) bond motifs is 2. The van der Waals surface area contributed by atoms with Gasteiger partial charge in [0.1, 0.15) is 11.4 Å². The van der Waals surface area contributed by atoms with E-state index in [0.717, 1.165) is 48.5 Å². The molecular formula is C26H26N4O3S. The first-order valence-electron chi connectivity index (χ1n) is 11.6. The van der Waals surface area contributed by atoms with Crippen molar-refractivity contribution in [2.45, 2.75) is 37.8 Å². The van der Waals surface area contributed by atoms with Crippen LogP contribution in [0.15, 0.2) is 52.4 Å². The van der Waals surface area contributed by atoms with Crippen LogP contribution in [0.1, 0.15) is 46.9 Å². The average Bonchev–Trinajstić information content (AvgIpc) is 3.51. The fraction of sp³-hybridized carbons (Fsp3) is 0.346. The standard InChI is InChI=1S/C26H26N4O3S/c1-16-23-18(14-19(22-8-5-13-34-22)28-25(23)33-29-16)24(31)27-20-15-26(9-11-30(2)12-10-26)32-21-7-4-3-6-17(20)21/h3-8,13-14,20H,9-12,15H2,1-2H3,(H,27,31). The number of ether oxygens (including phenoxy) is 1. The van der Waals surface area contributed by atoms with Crippen LogP contribution < -0.4 is 10.1 Å². The number of rotatable bonds is 3. The Labute approximate surface area is 201 Å². The van der Waals surface area contributed by atoms with Crippen molar-refractivity contribution in [2.75, 3.05) is 20.1 Å². The Hall–Kier alpha value is -3.23. The van der Waals surface area contributed by atoms with Gasteiger partial charge in [-0.3, -0.25) is 4.79 Å². The Kier molecular flexibility index (Phi) is 5.15. The van der Waals surface area contributed by atoms with Crippen molar-refractivity contribution < 1.29 is 14.1 Å². The number of hydrogen-bond acceptors (Lipinski definition) is 7. The second-order valence-corrected chi connectivity index (χ2v) is 10.3. The van der Waals surface area contributed by atoms with E-state index in [1.54, 1.807) is 11.3 Å². The molecule has 2 aliphatic heterocycles. The summed E-state index contributed by atoms with van der Waals surface area (Å²) in [6, 6.07) is 13.7. The van der Waals surface area contributed by atoms with Gasteiger partial charge in [-0.1, -0.05) is 29.4 Å². The number of para-hydroxylation sites is 1. The van der Waals surface area contributed by atoms with Crippen LogP contribution in [0, 0.1) is 6.92 Å². The molecule has 8 heteroatoms. The number of nitrogens with zero attached hydrogens (tertiary/aromatic N) is 3. The third-order valence-corrected chi connectivity index (χ3v) is 7.93. The van der Waals surface area contributed by atoms with E-state index in [4.69, 9.17) is 9.26 Å². The molecule has 2 aliphatic rings. The number of aryl methyl sites for hydroxylation is 1. The minimum absolute atomic E-state index is 0.144. The van der Waals surface area contributed by atoms with Gasteiger partial charge in [-0.2, -0.15) is 0 Å². The molecule has 0 saturated carbocycles. The van der Waals surface area contributed by atoms with Crippen molar-refractivity contribution in [3.05, 3.63) is 64.7 Å². The molecule has 0 bridgehead atoms. The number of benzene rings is 1. The molecule has 1 atom stereocenters. The second kappa shape index (κ2) is 8.21. The van der Waals surface area contributed by atoms with Crippen LogP contribution >= 0.6 is 11.3 Å². The maximum absolute atomic E-state index is 13.8. The molecule has 4 aromatic rings. The number of likely N-dealkylation sites (tertiary alicyclic amines) is 1. The van der Waals surface area contributed by atoms with Gasteiger partial charge in [0.25, 0.3) is 11.6 Å². The normalized spacial score (nSPS) is 19.6. The van der Waals surface area contributed by atoms with Gasteiger partial charge in [0.15, 0.2) is 0 Å². The fourth-order valence-electron chi connectivity index (χ4n) is 5.14. The Bertz CT molecular complexity index is 1360. The molecule has 1 spiro atoms. The van der Waals surface area contributed by atoms with Crippen molar-refractivity contribution >= 4 is 28.3 Å². The van der Waals surface area contributed by atoms with Crippen molar-refractivity contribution in [2.24, 2.45) is 0 Å². The van der Waals surface area contributed by atoms with Gasteiger partial charge in [0.05, 0.1) is 33.3 Å². The summed E-state index contributed by atoms with van der Waals surface area (Å²) in [5, 5.41) is 10.1. The lowest BCUT2D eigenvalue weighted by molar-refractivity contribution is -0.0195. The van der Waals surface area contributed by atoms with Crippen molar-refractivity contribution in [1.82, 2.24) is 20.4 Å². The van der Waals surface area contributed by atoms with E-state index in [1.165, 1.54) is 0 Å². The zero-order valence-electron chi connectivity index (χ0n) is 19.2. The molecule has 1 amide bonds. The van der Waals surface area contributed by atoms with Crippen LogP contribution in [0.4, 0.5) is 0 Å². The van der Waals surface area contributed by atoms with Gasteiger partial charge < -0.3 is 19.5 Å². The summed E-state index contributed by atoms with van der Waals surface area (Å²) in [4.78, 5) is 21.7. The number of carbonyl (C=O) groups excluding carboxylic acids is 1. The number of amides is 1. The van der Waals surface area contributed by atoms with E-state index in [2.05, 4.69) is 27.4 Å². The Balaban J connectivity index is 1.37. The highest BCUT2D eigenvalue weighted by Crippen LogP contribution is 2.44. The van der Waals surface area contributed by atoms with Crippen LogP contribution in [-0.4, -0.2) is 46.7 Å². The van der Waals surface area contributed by atoms with Gasteiger partial charge in [0, 0.05) is 25.1 Å². The predicted molar refractivity (Wildman–Crippen MR) is 131 cm³/mol. The maximum Gasteiger partial charge on any atom is 0.259 e. The largest absolute Gasteiger partial charge is 0.487 e. The number of aromatic nitrogens is 2. The quantitative estimate of drug-likeness (QED) is 0.451. The summed E-state index contributed by atoms with van der Waals surface area (Å²) < 4.78 is 12.0. The van der Waals surface area contributed by atoms with Crippen LogP contribution in [-0.2, 0) is 0 Å². The molecule has 3 aromatic heterocycles. The highest BCUT2D eigenvalue weighted by molar-refractivity contribution is 7.13. The van der Waals surface area contributed by atoms with Gasteiger partial charge in [-0.05, 0) is 50.4 Å². The van der Waals surface area contributed by atoms with E-state index in [-0.39, 0.29) is 17.6 Å². The van der Waals surface area contributed by atoms with E-state index < -0.39 is 0 Å². The van der Waals surface area contributed by atoms with Crippen LogP contribution in [0.5, 0.6) is 5.75 Å². The Morgan fingerprint density at radius 3 is 2.82 bits per heavy atom. The molecule has 1 aromatic carbocycles. The topological polar surface area (TPSA) is 80.5 Å². The first-order valence-corrected chi connectivity index (χ1v) is 12.5. The second-order valence-electron chi connectivity index (χ2n) is 9.34. The molecule has 1 saturated heterocycles. The number of pyridine rings is 1. The highest BCUT2D eigenvalue weighted by atomic mass is 32.1. The third kappa shape index (κ3) is 3.67. The van der Waals surface area contributed by atoms with Gasteiger partial charge in [0.2, 0.25) is 0 Å². The first kappa shape index (κ1) is 21.3. The highest BCUT2D eigenvalue weighted by Gasteiger charge is 2.43. The molecule has 7 nitrogen and oxygen atoms in total. The lowest BCUT2D eigenvalue weighted by Crippen LogP contribution is -2.51. The zero-order valence-corrected chi connectivity index (χ0v) is 20.0. The summed E-state index contributed by atoms with van der Waals surface area (Å²) in [6.07, 6.45) is 2.63. The van der Waals surface area contributed by atoms with Gasteiger partial charge in [-0.15, -0.1) is 11.3 Å². The lowest BCUT2D eigenvalue weighted by atomic mass is 9.80. The molecule has 1 fully saturated rings. The van der Waals surface area contributed by atoms with Crippen LogP contribution in [0.3, 0.4) is 0 Å². The predicted octanol–water partition coefficient (Wildman–Crippen LogP) is 4.98. The number of nitrogens with one attached hydrogen (secondary N) is 1. The van der Waals surface area contributed by atoms with Gasteiger partial charge >= 0.3 is 0 Å². The molecular weight excluding hydrogens is 448 g/mol. The fourth-order valence-corrected chi connectivity index (χ4v) is 5.83. The van der Waals surface area contributed by atoms with Crippen molar-refractivity contribution in [1.29, 1.82) is 0 Å². The minimum Gasteiger partial charge on any atom is -0.487 e. The number of carbonyl (C=O) groups is 1. The monoisotopic (exact) mass is 474 g/mol. The summed E-state index contributed by atoms with van der Waals surface area (Å²) in [7, 11) is 2.14. The lowest BCUT2D eigenvalue weighted by Gasteiger charge is -2.46. The van der Waals surface area contributed by atoms with Crippen LogP contribution in [0.2, 0.25) is 0 Å². The summed E-state index contributed by atoms with van der Waals surface area (Å²) in [5.74, 6) is 0.713. The molecule has 1 unspecified atom stereocenters. The zero-order chi connectivity index (χ0) is 23.3. The van der Waals surface area contributed by atoms with Crippen molar-refractivity contribution in [3.63, 3.8) is 0 Å². The number of thiophene rings is 1. The van der Waals surface area contributed by atoms with E-state index in [1.807, 2.05) is 54.8 Å². The van der Waals surface area contributed by atoms with Gasteiger partial charge in [-0.25, -0.2) is 4.98 Å². The smallest absolute Gasteiger partial charge is 0.259 e. The summed E-state index contributed by atoms with van der Waals surface area (Å²) in [5.41, 5.74) is 3.04. The number of piperidine rings is 1. The molecule has 0 radical (unpaired) electrons. The number of hydrogen-bond donors (Lipinski definition) is 1. The van der Waals surface area contributed by atoms with E-state index >= 15 is 0 Å². The SMILES string of the molecule is Cc1noc2nc(-c3cccs3)cc(C(=O)NC3CC4(CCN(C)CC4)Oc4ccccc43)c12. The Morgan fingerprint density at radius 2 is 2.03 bits per heavy atom. The third-order valence-electron chi connectivity index (χ3n) is 7.04. The first-order chi connectivity index (χ1) is 16.5. The minimum atomic E-state index is -0.262. The molecule has 174 valence electrons. The summed E-state index contributed by atoms with van der Waals surface area (Å²) >= 11 is 1.58. The molecule has 34 heavy (non-hydrogen) atoms. The summed E-state index contributed by atoms with van der Waals surface area (Å²) in [6.45, 7) is 3.81. The van der Waals surface area contributed by atoms with Crippen LogP contribution in [0.25, 0.3) is 21.7 Å². The molecule has 1 N–H and O–H groups in total. The molecule has 6 rings (SSSR count). The molecule has 5 heterocycles. The maximum atomic E-state index is 13.8. The van der Waals surface area contributed by atoms with E-state index in [9.17, 15) is 4.79 Å².